The molecule has 2 fully saturated rings. The summed E-state index contributed by atoms with van der Waals surface area (Å²) in [4.78, 5) is 51.1. The van der Waals surface area contributed by atoms with Crippen LogP contribution in [0.1, 0.15) is 25.5 Å². The fourth-order valence-corrected chi connectivity index (χ4v) is 5.47. The SMILES string of the molecule is CC1(C)S[C@@H]2[C@H](NC(=O)[C@H](NC(=O)OC[n+]3[c-]nn[nH]3)c3ccccc3)C(=O)N2[C@H]1C(=O)O. The van der Waals surface area contributed by atoms with Gasteiger partial charge >= 0.3 is 12.1 Å². The number of fused-ring (bicyclic) bond motifs is 1. The number of carbonyl (C=O) groups is 4. The number of β-lactam (4-membered cyclic amide) rings is 1. The third kappa shape index (κ3) is 4.33. The van der Waals surface area contributed by atoms with Gasteiger partial charge in [-0.3, -0.25) is 9.59 Å². The minimum absolute atomic E-state index is 0.262. The molecule has 174 valence electrons. The van der Waals surface area contributed by atoms with Crippen LogP contribution in [0.15, 0.2) is 30.3 Å². The average molecular weight is 475 g/mol. The van der Waals surface area contributed by atoms with E-state index in [1.807, 2.05) is 0 Å². The molecule has 3 amide bonds. The van der Waals surface area contributed by atoms with Crippen LogP contribution in [0.2, 0.25) is 0 Å². The van der Waals surface area contributed by atoms with Crippen LogP contribution in [0, 0.1) is 6.33 Å². The van der Waals surface area contributed by atoms with Crippen molar-refractivity contribution in [3.05, 3.63) is 42.2 Å². The number of amides is 3. The summed E-state index contributed by atoms with van der Waals surface area (Å²) in [6, 6.07) is 5.41. The van der Waals surface area contributed by atoms with Gasteiger partial charge in [0.15, 0.2) is 0 Å². The molecule has 0 radical (unpaired) electrons. The summed E-state index contributed by atoms with van der Waals surface area (Å²) in [5.41, 5.74) is 0.473. The smallest absolute Gasteiger partial charge is 0.410 e. The Kier molecular flexibility index (Phi) is 5.93. The van der Waals surface area contributed by atoms with Crippen LogP contribution in [-0.4, -0.2) is 71.6 Å². The molecule has 4 atom stereocenters. The normalized spacial score (nSPS) is 23.8. The summed E-state index contributed by atoms with van der Waals surface area (Å²) in [7, 11) is 0. The van der Waals surface area contributed by atoms with Crippen LogP contribution in [0.25, 0.3) is 0 Å². The molecule has 0 aliphatic carbocycles. The summed E-state index contributed by atoms with van der Waals surface area (Å²) in [6.07, 6.45) is 1.52. The number of H-pyrrole nitrogens is 1. The lowest BCUT2D eigenvalue weighted by Gasteiger charge is -2.43. The molecule has 0 bridgehead atoms. The number of aliphatic carboxylic acids is 1. The number of hydrogen-bond acceptors (Lipinski definition) is 8. The van der Waals surface area contributed by atoms with Crippen LogP contribution < -0.4 is 15.3 Å². The lowest BCUT2D eigenvalue weighted by molar-refractivity contribution is -0.784. The van der Waals surface area contributed by atoms with Crippen molar-refractivity contribution in [2.75, 3.05) is 0 Å². The van der Waals surface area contributed by atoms with E-state index < -0.39 is 52.1 Å². The number of tetrazole rings is 1. The molecule has 0 saturated carbocycles. The highest BCUT2D eigenvalue weighted by Crippen LogP contribution is 2.50. The summed E-state index contributed by atoms with van der Waals surface area (Å²) >= 11 is 1.31. The van der Waals surface area contributed by atoms with Crippen LogP contribution in [0.5, 0.6) is 0 Å². The van der Waals surface area contributed by atoms with Crippen LogP contribution in [0.3, 0.4) is 0 Å². The maximum Gasteiger partial charge on any atom is 0.410 e. The second-order valence-corrected chi connectivity index (χ2v) is 9.73. The molecule has 3 heterocycles. The van der Waals surface area contributed by atoms with Gasteiger partial charge in [0.05, 0.1) is 0 Å². The van der Waals surface area contributed by atoms with Crippen molar-refractivity contribution in [2.24, 2.45) is 0 Å². The van der Waals surface area contributed by atoms with E-state index >= 15 is 0 Å². The molecule has 4 N–H and O–H groups in total. The molecule has 2 saturated heterocycles. The number of nitrogens with one attached hydrogen (secondary N) is 3. The third-order valence-corrected chi connectivity index (χ3v) is 6.91. The molecule has 2 aromatic rings. The zero-order chi connectivity index (χ0) is 23.8. The Hall–Kier alpha value is -3.68. The fraction of sp³-hybridized carbons (Fsp3) is 0.421. The first-order chi connectivity index (χ1) is 15.7. The Labute approximate surface area is 191 Å². The first-order valence-electron chi connectivity index (χ1n) is 9.89. The lowest BCUT2D eigenvalue weighted by Crippen LogP contribution is -2.71. The highest BCUT2D eigenvalue weighted by Gasteiger charge is 2.64. The van der Waals surface area contributed by atoms with Crippen molar-refractivity contribution in [3.8, 4) is 0 Å². The van der Waals surface area contributed by atoms with E-state index in [-0.39, 0.29) is 6.73 Å². The van der Waals surface area contributed by atoms with Crippen molar-refractivity contribution in [2.45, 2.75) is 48.8 Å². The van der Waals surface area contributed by atoms with E-state index in [2.05, 4.69) is 32.5 Å². The quantitative estimate of drug-likeness (QED) is 0.222. The number of carboxylic acid groups (broad SMARTS) is 1. The molecule has 33 heavy (non-hydrogen) atoms. The van der Waals surface area contributed by atoms with Crippen LogP contribution in [0.4, 0.5) is 4.79 Å². The Bertz CT molecular complexity index is 1060. The van der Waals surface area contributed by atoms with Gasteiger partial charge in [0.25, 0.3) is 0 Å². The van der Waals surface area contributed by atoms with Gasteiger partial charge in [-0.25, -0.2) is 9.59 Å². The topological polar surface area (TPSA) is 170 Å². The van der Waals surface area contributed by atoms with Crippen molar-refractivity contribution >= 4 is 35.6 Å². The van der Waals surface area contributed by atoms with Crippen molar-refractivity contribution in [3.63, 3.8) is 0 Å². The summed E-state index contributed by atoms with van der Waals surface area (Å²) in [6.45, 7) is 3.23. The van der Waals surface area contributed by atoms with E-state index in [0.717, 1.165) is 0 Å². The molecular weight excluding hydrogens is 454 g/mol. The van der Waals surface area contributed by atoms with Crippen molar-refractivity contribution in [1.82, 2.24) is 31.1 Å². The van der Waals surface area contributed by atoms with E-state index in [1.165, 1.54) is 21.3 Å². The second-order valence-electron chi connectivity index (χ2n) is 7.96. The molecule has 2 aliphatic heterocycles. The standard InChI is InChI=1S/C19H21N7O6S/c1-19(2)13(17(29)30)26-15(28)12(16(26)33-19)21-14(27)11(10-6-4-3-5-7-10)22-18(31)32-9-25-8-20-23-24-25/h3-7,11-13,16H,9H2,1-2H3,(H,20,24)(H,21,27)(H,22,31)(H,29,30)/t11-,12-,13+,16-/m1/s1. The summed E-state index contributed by atoms with van der Waals surface area (Å²) < 4.78 is 5.50. The highest BCUT2D eigenvalue weighted by atomic mass is 32.2. The van der Waals surface area contributed by atoms with Crippen molar-refractivity contribution < 1.29 is 33.7 Å². The number of carbonyl (C=O) groups excluding carboxylic acids is 3. The number of benzene rings is 1. The average Bonchev–Trinajstić information content (AvgIpc) is 3.38. The molecule has 14 heteroatoms. The first kappa shape index (κ1) is 22.5. The zero-order valence-electron chi connectivity index (χ0n) is 17.6. The van der Waals surface area contributed by atoms with Gasteiger partial charge in [0.2, 0.25) is 18.5 Å². The van der Waals surface area contributed by atoms with Gasteiger partial charge in [-0.05, 0) is 25.7 Å². The van der Waals surface area contributed by atoms with E-state index in [4.69, 9.17) is 4.74 Å². The fourth-order valence-electron chi connectivity index (χ4n) is 3.84. The predicted octanol–water partition coefficient (Wildman–Crippen LogP) is -1.05. The van der Waals surface area contributed by atoms with E-state index in [9.17, 15) is 24.3 Å². The third-order valence-electron chi connectivity index (χ3n) is 5.34. The van der Waals surface area contributed by atoms with Gasteiger partial charge in [-0.2, -0.15) is 0 Å². The first-order valence-corrected chi connectivity index (χ1v) is 10.8. The van der Waals surface area contributed by atoms with Crippen LogP contribution >= 0.6 is 11.8 Å². The maximum absolute atomic E-state index is 13.1. The van der Waals surface area contributed by atoms with Gasteiger partial charge < -0.3 is 30.1 Å². The molecule has 0 unspecified atom stereocenters. The number of hydrogen-bond donors (Lipinski definition) is 4. The lowest BCUT2D eigenvalue weighted by atomic mass is 9.95. The zero-order valence-corrected chi connectivity index (χ0v) is 18.4. The Balaban J connectivity index is 1.45. The number of rotatable bonds is 7. The number of aromatic nitrogens is 4. The Morgan fingerprint density at radius 3 is 2.73 bits per heavy atom. The van der Waals surface area contributed by atoms with Gasteiger partial charge in [-0.1, -0.05) is 30.3 Å². The number of aromatic amines is 1. The molecule has 13 nitrogen and oxygen atoms in total. The summed E-state index contributed by atoms with van der Waals surface area (Å²) in [5.74, 6) is -2.20. The van der Waals surface area contributed by atoms with Gasteiger partial charge in [0, 0.05) is 4.75 Å². The highest BCUT2D eigenvalue weighted by molar-refractivity contribution is 8.01. The number of ether oxygens (including phenoxy) is 1. The number of nitrogens with zero attached hydrogens (tertiary/aromatic N) is 4. The largest absolute Gasteiger partial charge is 0.480 e. The van der Waals surface area contributed by atoms with E-state index in [0.29, 0.717) is 5.56 Å². The number of carboxylic acids is 1. The maximum atomic E-state index is 13.1. The molecular formula is C19H21N7O6S. The monoisotopic (exact) mass is 475 g/mol. The van der Waals surface area contributed by atoms with Gasteiger partial charge in [-0.15, -0.1) is 22.1 Å². The van der Waals surface area contributed by atoms with Crippen molar-refractivity contribution in [1.29, 1.82) is 0 Å². The predicted molar refractivity (Wildman–Crippen MR) is 110 cm³/mol. The molecule has 1 aromatic heterocycles. The molecule has 1 aromatic carbocycles. The second kappa shape index (κ2) is 8.69. The number of thioether (sulfide) groups is 1. The number of alkyl carbamates (subject to hydrolysis) is 1. The Morgan fingerprint density at radius 2 is 2.09 bits per heavy atom. The molecule has 4 rings (SSSR count). The minimum Gasteiger partial charge on any atom is -0.480 e. The minimum atomic E-state index is -1.15. The van der Waals surface area contributed by atoms with Gasteiger partial charge in [0.1, 0.15) is 28.7 Å². The molecule has 2 aliphatic rings. The van der Waals surface area contributed by atoms with Crippen LogP contribution in [-0.2, 0) is 25.9 Å². The molecule has 0 spiro atoms. The Morgan fingerprint density at radius 1 is 1.36 bits per heavy atom. The van der Waals surface area contributed by atoms with E-state index in [1.54, 1.807) is 44.2 Å². The summed E-state index contributed by atoms with van der Waals surface area (Å²) in [5, 5.41) is 23.4.